The van der Waals surface area contributed by atoms with Crippen LogP contribution < -0.4 is 10.1 Å². The molecule has 2 N–H and O–H groups in total. The third-order valence-corrected chi connectivity index (χ3v) is 2.47. The number of hydrogen-bond donors (Lipinski definition) is 2. The lowest BCUT2D eigenvalue weighted by Crippen LogP contribution is -2.29. The topological polar surface area (TPSA) is 58.6 Å². The molecule has 1 amide bonds. The maximum Gasteiger partial charge on any atom is 0.258 e. The van der Waals surface area contributed by atoms with Crippen molar-refractivity contribution in [1.82, 2.24) is 5.32 Å². The Labute approximate surface area is 107 Å². The quantitative estimate of drug-likeness (QED) is 0.725. The van der Waals surface area contributed by atoms with Gasteiger partial charge in [0.15, 0.2) is 6.61 Å². The van der Waals surface area contributed by atoms with E-state index in [2.05, 4.69) is 11.9 Å². The second kappa shape index (κ2) is 7.50. The third-order valence-electron chi connectivity index (χ3n) is 2.47. The molecular formula is C14H19NO3. The Morgan fingerprint density at radius 3 is 2.94 bits per heavy atom. The minimum atomic E-state index is -0.572. The van der Waals surface area contributed by atoms with Crippen molar-refractivity contribution in [3.05, 3.63) is 42.5 Å². The SMILES string of the molecule is C=CCNC(=O)COc1ccccc1[C@@H](O)CC. The highest BCUT2D eigenvalue weighted by molar-refractivity contribution is 5.77. The van der Waals surface area contributed by atoms with Gasteiger partial charge in [-0.2, -0.15) is 0 Å². The molecule has 0 unspecified atom stereocenters. The number of hydrogen-bond acceptors (Lipinski definition) is 3. The summed E-state index contributed by atoms with van der Waals surface area (Å²) in [6.45, 7) is 5.75. The summed E-state index contributed by atoms with van der Waals surface area (Å²) >= 11 is 0. The molecule has 98 valence electrons. The van der Waals surface area contributed by atoms with Gasteiger partial charge in [-0.15, -0.1) is 6.58 Å². The molecule has 1 aromatic rings. The number of rotatable bonds is 7. The molecule has 18 heavy (non-hydrogen) atoms. The van der Waals surface area contributed by atoms with Crippen molar-refractivity contribution in [3.8, 4) is 5.75 Å². The van der Waals surface area contributed by atoms with Crippen LogP contribution in [-0.2, 0) is 4.79 Å². The number of nitrogens with one attached hydrogen (secondary N) is 1. The summed E-state index contributed by atoms with van der Waals surface area (Å²) in [7, 11) is 0. The van der Waals surface area contributed by atoms with Crippen LogP contribution in [0.5, 0.6) is 5.75 Å². The van der Waals surface area contributed by atoms with Crippen molar-refractivity contribution in [2.75, 3.05) is 13.2 Å². The molecule has 0 aromatic heterocycles. The van der Waals surface area contributed by atoms with Gasteiger partial charge >= 0.3 is 0 Å². The van der Waals surface area contributed by atoms with Crippen LogP contribution >= 0.6 is 0 Å². The van der Waals surface area contributed by atoms with E-state index in [-0.39, 0.29) is 12.5 Å². The number of benzene rings is 1. The molecule has 0 saturated heterocycles. The van der Waals surface area contributed by atoms with E-state index in [1.807, 2.05) is 19.1 Å². The number of aliphatic hydroxyl groups excluding tert-OH is 1. The van der Waals surface area contributed by atoms with Crippen LogP contribution in [-0.4, -0.2) is 24.2 Å². The zero-order chi connectivity index (χ0) is 13.4. The highest BCUT2D eigenvalue weighted by atomic mass is 16.5. The molecule has 0 saturated carbocycles. The normalized spacial score (nSPS) is 11.7. The van der Waals surface area contributed by atoms with E-state index < -0.39 is 6.10 Å². The van der Waals surface area contributed by atoms with Gasteiger partial charge in [-0.1, -0.05) is 31.2 Å². The Morgan fingerprint density at radius 1 is 1.56 bits per heavy atom. The van der Waals surface area contributed by atoms with Crippen molar-refractivity contribution < 1.29 is 14.6 Å². The van der Waals surface area contributed by atoms with Crippen LogP contribution in [0.1, 0.15) is 25.0 Å². The lowest BCUT2D eigenvalue weighted by Gasteiger charge is -2.14. The van der Waals surface area contributed by atoms with Crippen LogP contribution in [0.3, 0.4) is 0 Å². The Balaban J connectivity index is 2.61. The lowest BCUT2D eigenvalue weighted by atomic mass is 10.1. The number of carbonyl (C=O) groups is 1. The van der Waals surface area contributed by atoms with Gasteiger partial charge in [0.25, 0.3) is 5.91 Å². The van der Waals surface area contributed by atoms with Crippen LogP contribution in [0, 0.1) is 0 Å². The van der Waals surface area contributed by atoms with Gasteiger partial charge in [-0.25, -0.2) is 0 Å². The van der Waals surface area contributed by atoms with Crippen molar-refractivity contribution in [2.24, 2.45) is 0 Å². The van der Waals surface area contributed by atoms with Gasteiger partial charge < -0.3 is 15.2 Å². The Morgan fingerprint density at radius 2 is 2.28 bits per heavy atom. The number of aliphatic hydroxyl groups is 1. The minimum absolute atomic E-state index is 0.0682. The molecule has 4 heteroatoms. The molecule has 4 nitrogen and oxygen atoms in total. The zero-order valence-corrected chi connectivity index (χ0v) is 10.6. The zero-order valence-electron chi connectivity index (χ0n) is 10.6. The minimum Gasteiger partial charge on any atom is -0.483 e. The maximum atomic E-state index is 11.4. The van der Waals surface area contributed by atoms with E-state index in [0.717, 1.165) is 0 Å². The molecular weight excluding hydrogens is 230 g/mol. The standard InChI is InChI=1S/C14H19NO3/c1-3-9-15-14(17)10-18-13-8-6-5-7-11(13)12(16)4-2/h3,5-8,12,16H,1,4,9-10H2,2H3,(H,15,17)/t12-/m0/s1. The smallest absolute Gasteiger partial charge is 0.258 e. The number of amides is 1. The summed E-state index contributed by atoms with van der Waals surface area (Å²) in [5.74, 6) is 0.330. The fraction of sp³-hybridized carbons (Fsp3) is 0.357. The van der Waals surface area contributed by atoms with E-state index in [1.54, 1.807) is 18.2 Å². The second-order valence-electron chi connectivity index (χ2n) is 3.84. The van der Waals surface area contributed by atoms with Crippen molar-refractivity contribution in [2.45, 2.75) is 19.4 Å². The van der Waals surface area contributed by atoms with E-state index in [9.17, 15) is 9.90 Å². The average molecular weight is 249 g/mol. The first-order valence-electron chi connectivity index (χ1n) is 5.96. The van der Waals surface area contributed by atoms with Crippen LogP contribution in [0.2, 0.25) is 0 Å². The van der Waals surface area contributed by atoms with Crippen LogP contribution in [0.25, 0.3) is 0 Å². The Hall–Kier alpha value is -1.81. The summed E-state index contributed by atoms with van der Waals surface area (Å²) in [4.78, 5) is 11.4. The first kappa shape index (κ1) is 14.3. The molecule has 1 aromatic carbocycles. The van der Waals surface area contributed by atoms with E-state index in [0.29, 0.717) is 24.3 Å². The summed E-state index contributed by atoms with van der Waals surface area (Å²) < 4.78 is 5.41. The summed E-state index contributed by atoms with van der Waals surface area (Å²) in [5.41, 5.74) is 0.705. The maximum absolute atomic E-state index is 11.4. The first-order chi connectivity index (χ1) is 8.69. The monoisotopic (exact) mass is 249 g/mol. The fourth-order valence-electron chi connectivity index (χ4n) is 1.49. The highest BCUT2D eigenvalue weighted by Crippen LogP contribution is 2.26. The molecule has 0 aliphatic rings. The molecule has 1 rings (SSSR count). The third kappa shape index (κ3) is 4.22. The highest BCUT2D eigenvalue weighted by Gasteiger charge is 2.11. The number of carbonyl (C=O) groups excluding carboxylic acids is 1. The average Bonchev–Trinajstić information content (AvgIpc) is 2.42. The van der Waals surface area contributed by atoms with Gasteiger partial charge in [0.1, 0.15) is 5.75 Å². The predicted octanol–water partition coefficient (Wildman–Crippen LogP) is 1.81. The summed E-state index contributed by atoms with van der Waals surface area (Å²) in [6.07, 6.45) is 1.63. The van der Waals surface area contributed by atoms with Crippen molar-refractivity contribution in [3.63, 3.8) is 0 Å². The number of para-hydroxylation sites is 1. The predicted molar refractivity (Wildman–Crippen MR) is 70.4 cm³/mol. The van der Waals surface area contributed by atoms with Crippen molar-refractivity contribution in [1.29, 1.82) is 0 Å². The number of ether oxygens (including phenoxy) is 1. The van der Waals surface area contributed by atoms with E-state index in [1.165, 1.54) is 0 Å². The van der Waals surface area contributed by atoms with E-state index in [4.69, 9.17) is 4.74 Å². The molecule has 0 fully saturated rings. The molecule has 0 heterocycles. The first-order valence-corrected chi connectivity index (χ1v) is 5.96. The van der Waals surface area contributed by atoms with Crippen molar-refractivity contribution >= 4 is 5.91 Å². The molecule has 0 aliphatic carbocycles. The fourth-order valence-corrected chi connectivity index (χ4v) is 1.49. The van der Waals surface area contributed by atoms with Gasteiger partial charge in [0, 0.05) is 12.1 Å². The summed E-state index contributed by atoms with van der Waals surface area (Å²) in [6, 6.07) is 7.18. The Kier molecular flexibility index (Phi) is 5.94. The van der Waals surface area contributed by atoms with Gasteiger partial charge in [-0.05, 0) is 12.5 Å². The van der Waals surface area contributed by atoms with Crippen LogP contribution in [0.4, 0.5) is 0 Å². The van der Waals surface area contributed by atoms with Gasteiger partial charge in [0.05, 0.1) is 6.10 Å². The molecule has 1 atom stereocenters. The molecule has 0 bridgehead atoms. The second-order valence-corrected chi connectivity index (χ2v) is 3.84. The largest absolute Gasteiger partial charge is 0.483 e. The summed E-state index contributed by atoms with van der Waals surface area (Å²) in [5, 5.41) is 12.4. The van der Waals surface area contributed by atoms with Gasteiger partial charge in [-0.3, -0.25) is 4.79 Å². The molecule has 0 spiro atoms. The lowest BCUT2D eigenvalue weighted by molar-refractivity contribution is -0.122. The Bertz CT molecular complexity index is 404. The van der Waals surface area contributed by atoms with Crippen LogP contribution in [0.15, 0.2) is 36.9 Å². The molecule has 0 radical (unpaired) electrons. The molecule has 0 aliphatic heterocycles. The van der Waals surface area contributed by atoms with E-state index >= 15 is 0 Å². The van der Waals surface area contributed by atoms with Gasteiger partial charge in [0.2, 0.25) is 0 Å².